The molecule has 0 bridgehead atoms. The third kappa shape index (κ3) is 5.55. The van der Waals surface area contributed by atoms with E-state index >= 15 is 0 Å². The van der Waals surface area contributed by atoms with Crippen molar-refractivity contribution in [2.45, 2.75) is 19.3 Å². The lowest BCUT2D eigenvalue weighted by Gasteiger charge is -2.16. The maximum Gasteiger partial charge on any atom is 0.175 e. The molecule has 3 rings (SSSR count). The monoisotopic (exact) mass is 442 g/mol. The van der Waals surface area contributed by atoms with E-state index in [0.717, 1.165) is 21.2 Å². The summed E-state index contributed by atoms with van der Waals surface area (Å²) >= 11 is 3.57. The van der Waals surface area contributed by atoms with Gasteiger partial charge in [0.2, 0.25) is 0 Å². The van der Waals surface area contributed by atoms with Crippen LogP contribution in [0, 0.1) is 0 Å². The first kappa shape index (κ1) is 20.3. The van der Waals surface area contributed by atoms with Gasteiger partial charge >= 0.3 is 0 Å². The summed E-state index contributed by atoms with van der Waals surface area (Å²) in [5, 5.41) is 13.5. The number of nitrogens with zero attached hydrogens (tertiary/aromatic N) is 1. The Labute approximate surface area is 173 Å². The van der Waals surface area contributed by atoms with Crippen LogP contribution in [0.2, 0.25) is 0 Å². The summed E-state index contributed by atoms with van der Waals surface area (Å²) in [7, 11) is 1.62. The highest BCUT2D eigenvalue weighted by Gasteiger charge is 2.13. The average molecular weight is 443 g/mol. The Morgan fingerprint density at radius 2 is 1.93 bits per heavy atom. The summed E-state index contributed by atoms with van der Waals surface area (Å²) in [6.45, 7) is 1.47. The second-order valence-corrected chi connectivity index (χ2v) is 7.17. The maximum absolute atomic E-state index is 10.3. The second-order valence-electron chi connectivity index (χ2n) is 6.32. The summed E-state index contributed by atoms with van der Waals surface area (Å²) in [5.41, 5.74) is 2.91. The van der Waals surface area contributed by atoms with Crippen molar-refractivity contribution in [1.82, 2.24) is 10.3 Å². The van der Waals surface area contributed by atoms with Gasteiger partial charge in [0.05, 0.1) is 17.7 Å². The fraction of sp³-hybridized carbons (Fsp3) is 0.227. The van der Waals surface area contributed by atoms with Gasteiger partial charge in [-0.15, -0.1) is 0 Å². The third-order valence-electron chi connectivity index (χ3n) is 4.25. The Bertz CT molecular complexity index is 876. The number of aromatic nitrogens is 1. The number of nitrogens with one attached hydrogen (secondary N) is 1. The van der Waals surface area contributed by atoms with E-state index in [1.165, 1.54) is 0 Å². The quantitative estimate of drug-likeness (QED) is 0.518. The van der Waals surface area contributed by atoms with Crippen molar-refractivity contribution < 1.29 is 14.6 Å². The van der Waals surface area contributed by atoms with E-state index in [1.54, 1.807) is 19.5 Å². The Balaban J connectivity index is 1.60. The lowest BCUT2D eigenvalue weighted by Crippen LogP contribution is -2.21. The molecular weight excluding hydrogens is 420 g/mol. The van der Waals surface area contributed by atoms with Crippen LogP contribution in [0.4, 0.5) is 0 Å². The van der Waals surface area contributed by atoms with Gasteiger partial charge in [-0.25, -0.2) is 0 Å². The lowest BCUT2D eigenvalue weighted by atomic mass is 10.1. The van der Waals surface area contributed by atoms with Crippen LogP contribution in [0.1, 0.15) is 22.8 Å². The van der Waals surface area contributed by atoms with Crippen molar-refractivity contribution in [2.75, 3.05) is 13.7 Å². The molecule has 0 saturated heterocycles. The van der Waals surface area contributed by atoms with Gasteiger partial charge in [-0.1, -0.05) is 36.4 Å². The van der Waals surface area contributed by atoms with E-state index in [2.05, 4.69) is 26.2 Å². The SMILES string of the molecule is COc1cc(CNCC(O)c2ccccc2)cc(Br)c1OCc1cccnc1. The number of hydrogen-bond acceptors (Lipinski definition) is 5. The van der Waals surface area contributed by atoms with Crippen LogP contribution in [-0.4, -0.2) is 23.7 Å². The van der Waals surface area contributed by atoms with Crippen molar-refractivity contribution in [3.8, 4) is 11.5 Å². The van der Waals surface area contributed by atoms with Crippen LogP contribution in [0.3, 0.4) is 0 Å². The fourth-order valence-corrected chi connectivity index (χ4v) is 3.40. The minimum atomic E-state index is -0.548. The molecular formula is C22H23BrN2O3. The molecule has 0 aliphatic carbocycles. The minimum Gasteiger partial charge on any atom is -0.493 e. The molecule has 0 amide bonds. The highest BCUT2D eigenvalue weighted by Crippen LogP contribution is 2.37. The van der Waals surface area contributed by atoms with Crippen molar-refractivity contribution in [1.29, 1.82) is 0 Å². The van der Waals surface area contributed by atoms with Gasteiger partial charge in [0.25, 0.3) is 0 Å². The first-order valence-electron chi connectivity index (χ1n) is 8.99. The molecule has 1 unspecified atom stereocenters. The molecule has 0 fully saturated rings. The Kier molecular flexibility index (Phi) is 7.42. The number of methoxy groups -OCH3 is 1. The van der Waals surface area contributed by atoms with E-state index in [-0.39, 0.29) is 0 Å². The van der Waals surface area contributed by atoms with Gasteiger partial charge in [0.15, 0.2) is 11.5 Å². The molecule has 0 spiro atoms. The van der Waals surface area contributed by atoms with E-state index in [0.29, 0.717) is 31.2 Å². The maximum atomic E-state index is 10.3. The van der Waals surface area contributed by atoms with Crippen molar-refractivity contribution >= 4 is 15.9 Å². The van der Waals surface area contributed by atoms with Gasteiger partial charge in [0.1, 0.15) is 6.61 Å². The smallest absolute Gasteiger partial charge is 0.175 e. The van der Waals surface area contributed by atoms with Crippen LogP contribution in [0.25, 0.3) is 0 Å². The molecule has 3 aromatic rings. The summed E-state index contributed by atoms with van der Waals surface area (Å²) in [4.78, 5) is 4.09. The Morgan fingerprint density at radius 3 is 2.64 bits per heavy atom. The molecule has 2 N–H and O–H groups in total. The molecule has 28 heavy (non-hydrogen) atoms. The van der Waals surface area contributed by atoms with Crippen LogP contribution >= 0.6 is 15.9 Å². The first-order valence-corrected chi connectivity index (χ1v) is 9.78. The van der Waals surface area contributed by atoms with Crippen LogP contribution < -0.4 is 14.8 Å². The minimum absolute atomic E-state index is 0.406. The largest absolute Gasteiger partial charge is 0.493 e. The number of halogens is 1. The number of ether oxygens (including phenoxy) is 2. The van der Waals surface area contributed by atoms with Crippen LogP contribution in [0.15, 0.2) is 71.5 Å². The number of rotatable bonds is 9. The average Bonchev–Trinajstić information content (AvgIpc) is 2.74. The molecule has 0 aliphatic heterocycles. The molecule has 1 heterocycles. The van der Waals surface area contributed by atoms with Crippen molar-refractivity contribution in [3.63, 3.8) is 0 Å². The zero-order valence-electron chi connectivity index (χ0n) is 15.6. The standard InChI is InChI=1S/C22H23BrN2O3/c1-27-21-11-17(13-25-14-20(26)18-7-3-2-4-8-18)10-19(23)22(21)28-15-16-6-5-9-24-12-16/h2-12,20,25-26H,13-15H2,1H3. The number of hydrogen-bond donors (Lipinski definition) is 2. The normalized spacial score (nSPS) is 11.8. The van der Waals surface area contributed by atoms with Crippen LogP contribution in [0.5, 0.6) is 11.5 Å². The molecule has 0 radical (unpaired) electrons. The molecule has 5 nitrogen and oxygen atoms in total. The topological polar surface area (TPSA) is 63.6 Å². The molecule has 6 heteroatoms. The number of aliphatic hydroxyl groups is 1. The molecule has 146 valence electrons. The van der Waals surface area contributed by atoms with Crippen molar-refractivity contribution in [2.24, 2.45) is 0 Å². The third-order valence-corrected chi connectivity index (χ3v) is 4.84. The zero-order chi connectivity index (χ0) is 19.8. The highest BCUT2D eigenvalue weighted by molar-refractivity contribution is 9.10. The first-order chi connectivity index (χ1) is 13.7. The molecule has 2 aromatic carbocycles. The van der Waals surface area contributed by atoms with Gasteiger partial charge in [-0.2, -0.15) is 0 Å². The number of benzene rings is 2. The lowest BCUT2D eigenvalue weighted by molar-refractivity contribution is 0.174. The Hall–Kier alpha value is -2.41. The van der Waals surface area contributed by atoms with Crippen LogP contribution in [-0.2, 0) is 13.2 Å². The molecule has 1 aromatic heterocycles. The number of pyridine rings is 1. The summed E-state index contributed by atoms with van der Waals surface area (Å²) in [5.74, 6) is 1.30. The van der Waals surface area contributed by atoms with Crippen molar-refractivity contribution in [3.05, 3.63) is 88.2 Å². The van der Waals surface area contributed by atoms with Gasteiger partial charge < -0.3 is 19.9 Å². The van der Waals surface area contributed by atoms with E-state index in [9.17, 15) is 5.11 Å². The summed E-state index contributed by atoms with van der Waals surface area (Å²) < 4.78 is 12.2. The summed E-state index contributed by atoms with van der Waals surface area (Å²) in [6, 6.07) is 17.4. The molecule has 1 atom stereocenters. The van der Waals surface area contributed by atoms with E-state index in [1.807, 2.05) is 54.6 Å². The van der Waals surface area contributed by atoms with E-state index < -0.39 is 6.10 Å². The highest BCUT2D eigenvalue weighted by atomic mass is 79.9. The molecule has 0 aliphatic rings. The molecule has 0 saturated carbocycles. The van der Waals surface area contributed by atoms with Gasteiger partial charge in [-0.3, -0.25) is 4.98 Å². The Morgan fingerprint density at radius 1 is 1.11 bits per heavy atom. The predicted molar refractivity (Wildman–Crippen MR) is 112 cm³/mol. The number of aliphatic hydroxyl groups excluding tert-OH is 1. The predicted octanol–water partition coefficient (Wildman–Crippen LogP) is 4.25. The summed E-state index contributed by atoms with van der Waals surface area (Å²) in [6.07, 6.45) is 2.96. The van der Waals surface area contributed by atoms with Gasteiger partial charge in [-0.05, 0) is 45.3 Å². The fourth-order valence-electron chi connectivity index (χ4n) is 2.80. The second kappa shape index (κ2) is 10.2. The zero-order valence-corrected chi connectivity index (χ0v) is 17.2. The van der Waals surface area contributed by atoms with E-state index in [4.69, 9.17) is 9.47 Å². The van der Waals surface area contributed by atoms with Gasteiger partial charge in [0, 0.05) is 31.0 Å².